The van der Waals surface area contributed by atoms with Crippen LogP contribution in [0.25, 0.3) is 0 Å². The third-order valence-corrected chi connectivity index (χ3v) is 5.01. The fraction of sp³-hybridized carbons (Fsp3) is 0.632. The summed E-state index contributed by atoms with van der Waals surface area (Å²) in [6, 6.07) is 1.44. The number of benzene rings is 1. The molecule has 0 atom stereocenters. The van der Waals surface area contributed by atoms with Crippen LogP contribution in [0, 0.1) is 11.6 Å². The lowest BCUT2D eigenvalue weighted by atomic mass is 9.98. The van der Waals surface area contributed by atoms with Crippen LogP contribution in [-0.4, -0.2) is 12.1 Å². The van der Waals surface area contributed by atoms with E-state index < -0.39 is 17.7 Å². The molecule has 0 radical (unpaired) electrons. The molecule has 0 aliphatic heterocycles. The average molecular weight is 373 g/mol. The van der Waals surface area contributed by atoms with Crippen molar-refractivity contribution in [1.82, 2.24) is 5.32 Å². The maximum absolute atomic E-state index is 13.3. The van der Waals surface area contributed by atoms with Crippen molar-refractivity contribution in [3.05, 3.63) is 28.8 Å². The molecule has 0 spiro atoms. The minimum absolute atomic E-state index is 0.0206. The van der Waals surface area contributed by atoms with Crippen LogP contribution in [0.5, 0.6) is 0 Å². The predicted molar refractivity (Wildman–Crippen MR) is 98.1 cm³/mol. The molecule has 140 valence electrons. The van der Waals surface area contributed by atoms with Crippen molar-refractivity contribution in [3.8, 4) is 0 Å². The van der Waals surface area contributed by atoms with Gasteiger partial charge in [0.2, 0.25) is 0 Å². The maximum atomic E-state index is 13.3. The maximum Gasteiger partial charge on any atom is 0.319 e. The molecule has 6 heteroatoms. The number of rotatable bonds is 2. The third kappa shape index (κ3) is 7.18. The van der Waals surface area contributed by atoms with Gasteiger partial charge in [0, 0.05) is 12.1 Å². The fourth-order valence-corrected chi connectivity index (χ4v) is 3.47. The van der Waals surface area contributed by atoms with Gasteiger partial charge in [-0.2, -0.15) is 0 Å². The number of carbonyl (C=O) groups excluding carboxylic acids is 1. The highest BCUT2D eigenvalue weighted by atomic mass is 35.5. The molecule has 2 N–H and O–H groups in total. The van der Waals surface area contributed by atoms with E-state index in [0.29, 0.717) is 0 Å². The van der Waals surface area contributed by atoms with Crippen molar-refractivity contribution < 1.29 is 13.6 Å². The van der Waals surface area contributed by atoms with Gasteiger partial charge in [-0.1, -0.05) is 69.4 Å². The van der Waals surface area contributed by atoms with E-state index in [2.05, 4.69) is 10.6 Å². The molecule has 1 aliphatic carbocycles. The SMILES string of the molecule is O=C(Nc1cc(F)c(F)cc1Cl)NC1CCCCCCCCCCC1. The molecular formula is C19H27ClF2N2O. The zero-order chi connectivity index (χ0) is 18.1. The molecule has 0 bridgehead atoms. The second-order valence-electron chi connectivity index (χ2n) is 6.80. The summed E-state index contributed by atoms with van der Waals surface area (Å²) in [5.74, 6) is -2.07. The quantitative estimate of drug-likeness (QED) is 0.578. The first-order valence-corrected chi connectivity index (χ1v) is 9.66. The zero-order valence-electron chi connectivity index (χ0n) is 14.6. The van der Waals surface area contributed by atoms with Crippen LogP contribution in [0.15, 0.2) is 12.1 Å². The summed E-state index contributed by atoms with van der Waals surface area (Å²) >= 11 is 5.86. The normalized spacial score (nSPS) is 18.0. The summed E-state index contributed by atoms with van der Waals surface area (Å²) in [7, 11) is 0. The van der Waals surface area contributed by atoms with Crippen LogP contribution >= 0.6 is 11.6 Å². The lowest BCUT2D eigenvalue weighted by Crippen LogP contribution is -2.38. The van der Waals surface area contributed by atoms with Crippen molar-refractivity contribution in [2.45, 2.75) is 76.7 Å². The van der Waals surface area contributed by atoms with Crippen molar-refractivity contribution in [3.63, 3.8) is 0 Å². The van der Waals surface area contributed by atoms with Gasteiger partial charge in [-0.05, 0) is 18.9 Å². The molecule has 3 nitrogen and oxygen atoms in total. The average Bonchev–Trinajstić information content (AvgIpc) is 2.55. The van der Waals surface area contributed by atoms with E-state index >= 15 is 0 Å². The van der Waals surface area contributed by atoms with Gasteiger partial charge in [-0.3, -0.25) is 0 Å². The number of hydrogen-bond donors (Lipinski definition) is 2. The van der Waals surface area contributed by atoms with Crippen molar-refractivity contribution in [1.29, 1.82) is 0 Å². The zero-order valence-corrected chi connectivity index (χ0v) is 15.3. The number of carbonyl (C=O) groups is 1. The summed E-state index contributed by atoms with van der Waals surface area (Å²) in [5, 5.41) is 5.46. The van der Waals surface area contributed by atoms with Crippen molar-refractivity contribution >= 4 is 23.3 Å². The molecular weight excluding hydrogens is 346 g/mol. The third-order valence-electron chi connectivity index (χ3n) is 4.70. The Morgan fingerprint density at radius 2 is 1.36 bits per heavy atom. The predicted octanol–water partition coefficient (Wildman–Crippen LogP) is 6.41. The standard InChI is InChI=1S/C19H27ClF2N2O/c20-15-12-16(21)17(22)13-18(15)24-19(25)23-14-10-8-6-4-2-1-3-5-7-9-11-14/h12-14H,1-11H2,(H2,23,24,25). The van der Waals surface area contributed by atoms with Crippen LogP contribution in [0.4, 0.5) is 19.3 Å². The van der Waals surface area contributed by atoms with Crippen molar-refractivity contribution in [2.24, 2.45) is 0 Å². The van der Waals surface area contributed by atoms with Crippen LogP contribution in [-0.2, 0) is 0 Å². The summed E-state index contributed by atoms with van der Waals surface area (Å²) in [4.78, 5) is 12.2. The molecule has 1 aromatic rings. The highest BCUT2D eigenvalue weighted by Crippen LogP contribution is 2.25. The number of halogens is 3. The lowest BCUT2D eigenvalue weighted by Gasteiger charge is -2.20. The van der Waals surface area contributed by atoms with Crippen LogP contribution in [0.2, 0.25) is 5.02 Å². The monoisotopic (exact) mass is 372 g/mol. The molecule has 1 saturated carbocycles. The Morgan fingerprint density at radius 1 is 0.880 bits per heavy atom. The van der Waals surface area contributed by atoms with E-state index in [1.54, 1.807) is 0 Å². The number of anilines is 1. The van der Waals surface area contributed by atoms with Gasteiger partial charge in [-0.25, -0.2) is 13.6 Å². The number of nitrogens with one attached hydrogen (secondary N) is 2. The lowest BCUT2D eigenvalue weighted by molar-refractivity contribution is 0.246. The number of amides is 2. The Balaban J connectivity index is 1.88. The second kappa shape index (κ2) is 10.6. The second-order valence-corrected chi connectivity index (χ2v) is 7.21. The first kappa shape index (κ1) is 20.0. The van der Waals surface area contributed by atoms with Gasteiger partial charge in [0.15, 0.2) is 11.6 Å². The Kier molecular flexibility index (Phi) is 8.45. The smallest absolute Gasteiger partial charge is 0.319 e. The molecule has 2 amide bonds. The molecule has 0 unspecified atom stereocenters. The first-order valence-electron chi connectivity index (χ1n) is 9.28. The van der Waals surface area contributed by atoms with E-state index in [9.17, 15) is 13.6 Å². The Bertz CT molecular complexity index is 557. The summed E-state index contributed by atoms with van der Waals surface area (Å²) < 4.78 is 26.4. The molecule has 1 aliphatic rings. The first-order chi connectivity index (χ1) is 12.1. The number of hydrogen-bond acceptors (Lipinski definition) is 1. The number of urea groups is 1. The van der Waals surface area contributed by atoms with Gasteiger partial charge in [0.05, 0.1) is 10.7 Å². The van der Waals surface area contributed by atoms with Gasteiger partial charge in [0.1, 0.15) is 0 Å². The summed E-state index contributed by atoms with van der Waals surface area (Å²) in [6.45, 7) is 0. The molecule has 25 heavy (non-hydrogen) atoms. The minimum atomic E-state index is -1.04. The summed E-state index contributed by atoms with van der Waals surface area (Å²) in [6.07, 6.45) is 12.9. The largest absolute Gasteiger partial charge is 0.335 e. The van der Waals surface area contributed by atoms with E-state index in [-0.39, 0.29) is 16.8 Å². The molecule has 2 rings (SSSR count). The van der Waals surface area contributed by atoms with E-state index in [4.69, 9.17) is 11.6 Å². The highest BCUT2D eigenvalue weighted by Gasteiger charge is 2.15. The highest BCUT2D eigenvalue weighted by molar-refractivity contribution is 6.33. The van der Waals surface area contributed by atoms with Crippen molar-refractivity contribution in [2.75, 3.05) is 5.32 Å². The molecule has 0 saturated heterocycles. The summed E-state index contributed by atoms with van der Waals surface area (Å²) in [5.41, 5.74) is 0.0752. The van der Waals surface area contributed by atoms with Gasteiger partial charge in [-0.15, -0.1) is 0 Å². The van der Waals surface area contributed by atoms with Gasteiger partial charge < -0.3 is 10.6 Å². The molecule has 0 heterocycles. The molecule has 1 aromatic carbocycles. The topological polar surface area (TPSA) is 41.1 Å². The van der Waals surface area contributed by atoms with Crippen LogP contribution in [0.3, 0.4) is 0 Å². The van der Waals surface area contributed by atoms with Gasteiger partial charge >= 0.3 is 6.03 Å². The fourth-order valence-electron chi connectivity index (χ4n) is 3.27. The van der Waals surface area contributed by atoms with E-state index in [1.807, 2.05) is 0 Å². The van der Waals surface area contributed by atoms with Crippen LogP contribution < -0.4 is 10.6 Å². The Morgan fingerprint density at radius 3 is 1.92 bits per heavy atom. The minimum Gasteiger partial charge on any atom is -0.335 e. The van der Waals surface area contributed by atoms with Gasteiger partial charge in [0.25, 0.3) is 0 Å². The Labute approximate surface area is 153 Å². The van der Waals surface area contributed by atoms with E-state index in [0.717, 1.165) is 37.8 Å². The Hall–Kier alpha value is -1.36. The molecule has 1 fully saturated rings. The van der Waals surface area contributed by atoms with E-state index in [1.165, 1.54) is 44.9 Å². The van der Waals surface area contributed by atoms with Crippen LogP contribution in [0.1, 0.15) is 70.6 Å². The molecule has 0 aromatic heterocycles.